The van der Waals surface area contributed by atoms with E-state index in [0.29, 0.717) is 13.1 Å². The van der Waals surface area contributed by atoms with Gasteiger partial charge in [0, 0.05) is 81.1 Å². The maximum absolute atomic E-state index is 13.4. The average Bonchev–Trinajstić information content (AvgIpc) is 3.33. The summed E-state index contributed by atoms with van der Waals surface area (Å²) in [6.45, 7) is 7.56. The van der Waals surface area contributed by atoms with Crippen LogP contribution in [0.15, 0.2) is 0 Å². The lowest BCUT2D eigenvalue weighted by Gasteiger charge is -2.49. The van der Waals surface area contributed by atoms with Crippen molar-refractivity contribution >= 4 is 30.8 Å². The van der Waals surface area contributed by atoms with Crippen molar-refractivity contribution in [2.45, 2.75) is 223 Å². The summed E-state index contributed by atoms with van der Waals surface area (Å²) in [7, 11) is 10.5. The molecule has 0 aliphatic carbocycles. The normalized spacial score (nSPS) is 25.4. The fourth-order valence-corrected chi connectivity index (χ4v) is 9.11. The first kappa shape index (κ1) is 61.7. The molecule has 2 aliphatic heterocycles. The lowest BCUT2D eigenvalue weighted by Crippen LogP contribution is -2.65. The van der Waals surface area contributed by atoms with E-state index in [0.717, 1.165) is 38.5 Å². The van der Waals surface area contributed by atoms with Crippen LogP contribution in [0.25, 0.3) is 0 Å². The molecule has 0 aromatic heterocycles. The van der Waals surface area contributed by atoms with Crippen molar-refractivity contribution < 1.29 is 61.8 Å². The van der Waals surface area contributed by atoms with Gasteiger partial charge >= 0.3 is 0 Å². The third kappa shape index (κ3) is 23.7. The molecular weight excluding hydrogens is 875 g/mol. The van der Waals surface area contributed by atoms with Crippen molar-refractivity contribution in [1.82, 2.24) is 21.3 Å². The molecule has 0 saturated carbocycles. The molecule has 0 aromatic rings. The molecule has 1 radical (unpaired) electrons. The minimum Gasteiger partial charge on any atom is -0.382 e. The van der Waals surface area contributed by atoms with Gasteiger partial charge in [0.2, 0.25) is 17.7 Å². The number of amides is 4. The van der Waals surface area contributed by atoms with Gasteiger partial charge < -0.3 is 63.9 Å². The number of ether oxygens (including phenoxy) is 9. The largest absolute Gasteiger partial charge is 0.382 e. The smallest absolute Gasteiger partial charge is 0.273 e. The SMILES string of the molecule is CCCCCCCCCCCCNC(=O)[B][C@H](NC(=O)CCC(=O)NCC1O[C@H](O[C@@H]2C(COC)O[C@H](OC)C(OC)[C@H]2OC)C(OC)[C@@H](OC)[C@@H]1C)C(=O)NCCCCCCCCCCCC. The van der Waals surface area contributed by atoms with E-state index in [4.69, 9.17) is 42.6 Å². The Morgan fingerprint density at radius 3 is 1.49 bits per heavy atom. The van der Waals surface area contributed by atoms with E-state index >= 15 is 0 Å². The lowest BCUT2D eigenvalue weighted by molar-refractivity contribution is -0.358. The summed E-state index contributed by atoms with van der Waals surface area (Å²) in [5.41, 5.74) is 0. The van der Waals surface area contributed by atoms with Crippen LogP contribution >= 0.6 is 0 Å². The summed E-state index contributed by atoms with van der Waals surface area (Å²) >= 11 is 0. The van der Waals surface area contributed by atoms with Crippen LogP contribution in [0.5, 0.6) is 0 Å². The average molecular weight is 970 g/mol. The molecule has 0 spiro atoms. The number of unbranched alkanes of at least 4 members (excludes halogenated alkanes) is 18. The Balaban J connectivity index is 1.97. The van der Waals surface area contributed by atoms with Crippen molar-refractivity contribution in [1.29, 1.82) is 0 Å². The van der Waals surface area contributed by atoms with Crippen LogP contribution in [0.3, 0.4) is 0 Å². The first-order valence-corrected chi connectivity index (χ1v) is 26.1. The molecule has 2 saturated heterocycles. The van der Waals surface area contributed by atoms with Gasteiger partial charge in [0.05, 0.1) is 24.8 Å². The Morgan fingerprint density at radius 2 is 0.985 bits per heavy atom. The highest BCUT2D eigenvalue weighted by Crippen LogP contribution is 2.35. The molecule has 4 unspecified atom stereocenters. The van der Waals surface area contributed by atoms with Crippen LogP contribution in [0, 0.1) is 5.92 Å². The van der Waals surface area contributed by atoms with E-state index in [1.165, 1.54) is 111 Å². The summed E-state index contributed by atoms with van der Waals surface area (Å²) in [6.07, 6.45) is 17.1. The van der Waals surface area contributed by atoms with Gasteiger partial charge in [0.25, 0.3) is 7.28 Å². The fourth-order valence-electron chi connectivity index (χ4n) is 9.11. The molecule has 4 amide bonds. The molecule has 68 heavy (non-hydrogen) atoms. The zero-order chi connectivity index (χ0) is 49.9. The Kier molecular flexibility index (Phi) is 34.7. The van der Waals surface area contributed by atoms with Gasteiger partial charge in [-0.25, -0.2) is 0 Å². The first-order valence-electron chi connectivity index (χ1n) is 26.1. The highest BCUT2D eigenvalue weighted by Gasteiger charge is 2.52. The number of hydrogen-bond acceptors (Lipinski definition) is 13. The van der Waals surface area contributed by atoms with Gasteiger partial charge in [-0.2, -0.15) is 0 Å². The van der Waals surface area contributed by atoms with Gasteiger partial charge in [-0.1, -0.05) is 136 Å². The number of carbonyl (C=O) groups excluding carboxylic acids is 4. The van der Waals surface area contributed by atoms with Gasteiger partial charge in [-0.05, 0) is 12.8 Å². The molecule has 11 atom stereocenters. The lowest BCUT2D eigenvalue weighted by atomic mass is 9.67. The predicted octanol–water partition coefficient (Wildman–Crippen LogP) is 6.52. The molecule has 17 nitrogen and oxygen atoms in total. The van der Waals surface area contributed by atoms with Gasteiger partial charge in [-0.15, -0.1) is 0 Å². The molecule has 395 valence electrons. The van der Waals surface area contributed by atoms with Crippen molar-refractivity contribution in [3.05, 3.63) is 0 Å². The zero-order valence-corrected chi connectivity index (χ0v) is 43.6. The molecule has 4 N–H and O–H groups in total. The van der Waals surface area contributed by atoms with Gasteiger partial charge in [0.1, 0.15) is 30.5 Å². The summed E-state index contributed by atoms with van der Waals surface area (Å²) < 4.78 is 53.6. The van der Waals surface area contributed by atoms with Crippen molar-refractivity contribution in [2.24, 2.45) is 5.92 Å². The second-order valence-electron chi connectivity index (χ2n) is 18.5. The number of rotatable bonds is 40. The van der Waals surface area contributed by atoms with E-state index in [2.05, 4.69) is 35.1 Å². The molecule has 2 aliphatic rings. The molecule has 0 bridgehead atoms. The molecule has 2 fully saturated rings. The third-order valence-corrected chi connectivity index (χ3v) is 13.2. The van der Waals surface area contributed by atoms with Crippen LogP contribution < -0.4 is 21.3 Å². The monoisotopic (exact) mass is 970 g/mol. The van der Waals surface area contributed by atoms with Crippen molar-refractivity contribution in [2.75, 3.05) is 68.9 Å². The topological polar surface area (TPSA) is 199 Å². The maximum atomic E-state index is 13.4. The Hall–Kier alpha value is -2.42. The molecule has 0 aromatic carbocycles. The Labute approximate surface area is 410 Å². The van der Waals surface area contributed by atoms with Crippen LogP contribution in [-0.2, 0) is 57.0 Å². The van der Waals surface area contributed by atoms with E-state index in [1.54, 1.807) is 28.4 Å². The van der Waals surface area contributed by atoms with E-state index in [-0.39, 0.29) is 31.9 Å². The summed E-state index contributed by atoms with van der Waals surface area (Å²) in [4.78, 5) is 52.9. The fraction of sp³-hybridized carbons (Fsp3) is 0.920. The number of methoxy groups -OCH3 is 6. The highest BCUT2D eigenvalue weighted by molar-refractivity contribution is 6.77. The van der Waals surface area contributed by atoms with E-state index in [9.17, 15) is 19.2 Å². The first-order chi connectivity index (χ1) is 33.0. The number of carbonyl (C=O) groups is 4. The van der Waals surface area contributed by atoms with Crippen molar-refractivity contribution in [3.8, 4) is 0 Å². The quantitative estimate of drug-likeness (QED) is 0.0383. The molecule has 2 rings (SSSR count). The van der Waals surface area contributed by atoms with Crippen LogP contribution in [-0.4, -0.2) is 161 Å². The molecular formula is C50H94BN4O13. The Bertz CT molecular complexity index is 1340. The molecule has 18 heteroatoms. The Morgan fingerprint density at radius 1 is 0.515 bits per heavy atom. The number of nitrogens with one attached hydrogen (secondary N) is 4. The third-order valence-electron chi connectivity index (χ3n) is 13.2. The summed E-state index contributed by atoms with van der Waals surface area (Å²) in [5.74, 6) is -3.26. The molecule has 2 heterocycles. The van der Waals surface area contributed by atoms with E-state index < -0.39 is 84.8 Å². The van der Waals surface area contributed by atoms with Crippen LogP contribution in [0.4, 0.5) is 4.79 Å². The zero-order valence-electron chi connectivity index (χ0n) is 43.6. The van der Waals surface area contributed by atoms with Crippen molar-refractivity contribution in [3.63, 3.8) is 0 Å². The van der Waals surface area contributed by atoms with Gasteiger partial charge in [0.15, 0.2) is 18.4 Å². The standard InChI is InChI=1S/C50H94BN4O13/c1-10-12-14-16-18-20-22-24-26-28-32-52-47(58)46(51-50(59)53-33-29-27-25-23-21-19-17-15-13-11-2)55-40(57)31-30-39(56)54-34-37-36(3)41(61-5)44(63-7)49(66-37)68-42-38(35-60-4)67-48(65-9)45(64-8)43(42)62-6/h36-38,41-46,48-49H,10-35H2,1-9H3,(H,52,58)(H,53,59)(H,54,56)(H,55,57)/t36-,37?,38?,41+,42-,43+,44?,45?,46-,48+,49-/m1/s1. The summed E-state index contributed by atoms with van der Waals surface area (Å²) in [5, 5.41) is 11.4. The van der Waals surface area contributed by atoms with Gasteiger partial charge in [-0.3, -0.25) is 19.2 Å². The van der Waals surface area contributed by atoms with Crippen LogP contribution in [0.1, 0.15) is 162 Å². The minimum atomic E-state index is -1.19. The second-order valence-corrected chi connectivity index (χ2v) is 18.5. The summed E-state index contributed by atoms with van der Waals surface area (Å²) in [6, 6.07) is 0. The minimum absolute atomic E-state index is 0.0809. The maximum Gasteiger partial charge on any atom is 0.273 e. The second kappa shape index (κ2) is 38.3. The highest BCUT2D eigenvalue weighted by atomic mass is 16.8. The van der Waals surface area contributed by atoms with E-state index in [1.807, 2.05) is 6.92 Å². The van der Waals surface area contributed by atoms with Crippen LogP contribution in [0.2, 0.25) is 0 Å². The number of hydrogen-bond donors (Lipinski definition) is 4. The predicted molar refractivity (Wildman–Crippen MR) is 263 cm³/mol.